The van der Waals surface area contributed by atoms with E-state index in [2.05, 4.69) is 0 Å². The summed E-state index contributed by atoms with van der Waals surface area (Å²) in [5.41, 5.74) is 42.1. The second-order valence-electron chi connectivity index (χ2n) is 20.4. The van der Waals surface area contributed by atoms with Crippen LogP contribution < -0.4 is 40.1 Å². The highest BCUT2D eigenvalue weighted by Gasteiger charge is 2.52. The van der Waals surface area contributed by atoms with Gasteiger partial charge in [-0.05, 0) is 0 Å². The molecule has 36 heteroatoms. The molecule has 7 fully saturated rings. The Morgan fingerprint density at radius 3 is 0.603 bits per heavy atom. The highest BCUT2D eigenvalue weighted by atomic mass is 16.8. The molecule has 0 saturated carbocycles. The van der Waals surface area contributed by atoms with Gasteiger partial charge in [-0.1, -0.05) is 0 Å². The summed E-state index contributed by atoms with van der Waals surface area (Å²) in [5, 5.41) is 169. The molecule has 7 aliphatic heterocycles. The number of ether oxygens (including phenoxy) is 13. The average molecular weight is 1150 g/mol. The highest BCUT2D eigenvalue weighted by molar-refractivity contribution is 4.99. The molecule has 7 rings (SSSR count). The van der Waals surface area contributed by atoms with Gasteiger partial charge in [-0.3, -0.25) is 0 Å². The molecule has 35 atom stereocenters. The van der Waals surface area contributed by atoms with Crippen molar-refractivity contribution in [1.29, 1.82) is 0 Å². The molecular formula is C42H79N7O29. The molecule has 78 heavy (non-hydrogen) atoms. The summed E-state index contributed by atoms with van der Waals surface area (Å²) >= 11 is 0. The number of aliphatic hydroxyl groups excluding tert-OH is 16. The molecule has 0 aromatic carbocycles. The second-order valence-corrected chi connectivity index (χ2v) is 20.4. The van der Waals surface area contributed by atoms with Gasteiger partial charge < -0.3 is 183 Å². The Morgan fingerprint density at radius 1 is 0.231 bits per heavy atom. The van der Waals surface area contributed by atoms with E-state index in [1.165, 1.54) is 0 Å². The van der Waals surface area contributed by atoms with E-state index < -0.39 is 261 Å². The van der Waals surface area contributed by atoms with Crippen molar-refractivity contribution >= 4 is 0 Å². The van der Waals surface area contributed by atoms with Gasteiger partial charge in [0.1, 0.15) is 128 Å². The first-order valence-electron chi connectivity index (χ1n) is 25.2. The Balaban J connectivity index is 0.899. The zero-order chi connectivity index (χ0) is 57.3. The van der Waals surface area contributed by atoms with Crippen LogP contribution in [0.3, 0.4) is 0 Å². The summed E-state index contributed by atoms with van der Waals surface area (Å²) in [6, 6.07) is -9.74. The van der Waals surface area contributed by atoms with Crippen LogP contribution in [0.2, 0.25) is 0 Å². The molecule has 36 nitrogen and oxygen atoms in total. The van der Waals surface area contributed by atoms with Gasteiger partial charge in [-0.2, -0.15) is 0 Å². The van der Waals surface area contributed by atoms with E-state index >= 15 is 0 Å². The van der Waals surface area contributed by atoms with E-state index in [0.29, 0.717) is 0 Å². The van der Waals surface area contributed by atoms with Crippen molar-refractivity contribution in [3.05, 3.63) is 0 Å². The van der Waals surface area contributed by atoms with Crippen molar-refractivity contribution in [2.24, 2.45) is 40.1 Å². The Kier molecular flexibility index (Phi) is 22.6. The largest absolute Gasteiger partial charge is 0.394 e. The first-order chi connectivity index (χ1) is 36.8. The standard InChI is InChI=1S/C42H79N7O29/c43-15-29(58)23(52)9(72-36(15)65)2-66-38-17(45)31(60)25(54)11(74-38)4-68-40-19(47)33(62)27(56)13(76-40)6-70-42-21(49)35(64)28(57)14(78-42)7-71-41-20(48)34(63)26(55)12(77-41)5-69-39-18(46)32(61)24(53)10(75-39)3-67-37-16(44)30(59)22(51)8(1-50)73-37/h8-42,50-65H,1-7,43-49H2/t8-,9-,10-,11-,12-,13-,14-,15-,16-,17-,18-,19-,20-,21-,22-,23-,24-,25-,26-,27-,28-,29-,30-,31-,32-,33-,34-,35-,36-,37-,38-,39-,40-,41-,42-/m1/s1. The van der Waals surface area contributed by atoms with Crippen molar-refractivity contribution in [2.75, 3.05) is 46.2 Å². The van der Waals surface area contributed by atoms with Gasteiger partial charge in [-0.15, -0.1) is 0 Å². The van der Waals surface area contributed by atoms with Gasteiger partial charge in [0.2, 0.25) is 0 Å². The fourth-order valence-electron chi connectivity index (χ4n) is 9.70. The minimum Gasteiger partial charge on any atom is -0.394 e. The van der Waals surface area contributed by atoms with E-state index in [4.69, 9.17) is 102 Å². The molecule has 0 amide bonds. The molecule has 0 aromatic rings. The molecule has 0 spiro atoms. The fourth-order valence-corrected chi connectivity index (χ4v) is 9.70. The maximum atomic E-state index is 11.0. The quantitative estimate of drug-likeness (QED) is 0.0571. The van der Waals surface area contributed by atoms with Crippen LogP contribution in [0, 0.1) is 0 Å². The molecule has 456 valence electrons. The summed E-state index contributed by atoms with van der Waals surface area (Å²) < 4.78 is 73.8. The summed E-state index contributed by atoms with van der Waals surface area (Å²) in [5.74, 6) is 0. The molecule has 0 unspecified atom stereocenters. The predicted molar refractivity (Wildman–Crippen MR) is 246 cm³/mol. The van der Waals surface area contributed by atoms with E-state index in [1.54, 1.807) is 0 Å². The average Bonchev–Trinajstić information content (AvgIpc) is 3.44. The van der Waals surface area contributed by atoms with Crippen molar-refractivity contribution < 1.29 is 143 Å². The number of nitrogens with two attached hydrogens (primary N) is 7. The van der Waals surface area contributed by atoms with Crippen LogP contribution >= 0.6 is 0 Å². The van der Waals surface area contributed by atoms with Gasteiger partial charge in [0, 0.05) is 0 Å². The van der Waals surface area contributed by atoms with Gasteiger partial charge in [0.25, 0.3) is 0 Å². The van der Waals surface area contributed by atoms with E-state index in [-0.39, 0.29) is 0 Å². The molecule has 0 radical (unpaired) electrons. The lowest BCUT2D eigenvalue weighted by Gasteiger charge is -2.45. The van der Waals surface area contributed by atoms with Crippen molar-refractivity contribution in [3.8, 4) is 0 Å². The predicted octanol–water partition coefficient (Wildman–Crippen LogP) is -16.5. The normalized spacial score (nSPS) is 53.5. The lowest BCUT2D eigenvalue weighted by Crippen LogP contribution is -2.66. The van der Waals surface area contributed by atoms with Crippen LogP contribution in [0.1, 0.15) is 0 Å². The smallest absolute Gasteiger partial charge is 0.175 e. The van der Waals surface area contributed by atoms with Crippen molar-refractivity contribution in [3.63, 3.8) is 0 Å². The zero-order valence-corrected chi connectivity index (χ0v) is 41.7. The van der Waals surface area contributed by atoms with E-state index in [1.807, 2.05) is 0 Å². The maximum Gasteiger partial charge on any atom is 0.175 e. The first-order valence-corrected chi connectivity index (χ1v) is 25.2. The topological polar surface area (TPSA) is 626 Å². The molecular weight excluding hydrogens is 1070 g/mol. The third kappa shape index (κ3) is 13.9. The van der Waals surface area contributed by atoms with E-state index in [9.17, 15) is 81.7 Å². The van der Waals surface area contributed by atoms with Gasteiger partial charge in [0.15, 0.2) is 44.0 Å². The number of hydrogen-bond acceptors (Lipinski definition) is 36. The Hall–Kier alpha value is -1.44. The van der Waals surface area contributed by atoms with Gasteiger partial charge >= 0.3 is 0 Å². The molecule has 30 N–H and O–H groups in total. The summed E-state index contributed by atoms with van der Waals surface area (Å²) in [7, 11) is 0. The zero-order valence-electron chi connectivity index (χ0n) is 41.7. The van der Waals surface area contributed by atoms with Gasteiger partial charge in [-0.25, -0.2) is 0 Å². The molecule has 7 aliphatic rings. The minimum atomic E-state index is -1.75. The minimum absolute atomic E-state index is 0.534. The number of rotatable bonds is 19. The Labute approximate surface area is 443 Å². The van der Waals surface area contributed by atoms with Crippen molar-refractivity contribution in [1.82, 2.24) is 0 Å². The molecule has 0 aromatic heterocycles. The van der Waals surface area contributed by atoms with Gasteiger partial charge in [0.05, 0.1) is 88.5 Å². The second kappa shape index (κ2) is 27.5. The third-order valence-electron chi connectivity index (χ3n) is 15.0. The van der Waals surface area contributed by atoms with Crippen LogP contribution in [0.15, 0.2) is 0 Å². The maximum absolute atomic E-state index is 11.0. The Morgan fingerprint density at radius 2 is 0.397 bits per heavy atom. The lowest BCUT2D eigenvalue weighted by molar-refractivity contribution is -0.324. The first kappa shape index (κ1) is 64.1. The molecule has 7 heterocycles. The summed E-state index contributed by atoms with van der Waals surface area (Å²) in [6.07, 6.45) is -44.0. The van der Waals surface area contributed by atoms with E-state index in [0.717, 1.165) is 0 Å². The van der Waals surface area contributed by atoms with Crippen LogP contribution in [0.25, 0.3) is 0 Å². The van der Waals surface area contributed by atoms with Crippen LogP contribution in [-0.2, 0) is 61.6 Å². The monoisotopic (exact) mass is 1150 g/mol. The van der Waals surface area contributed by atoms with Crippen LogP contribution in [0.4, 0.5) is 0 Å². The number of aliphatic hydroxyl groups is 16. The van der Waals surface area contributed by atoms with Crippen LogP contribution in [-0.4, -0.2) is 342 Å². The molecule has 7 saturated heterocycles. The highest BCUT2D eigenvalue weighted by Crippen LogP contribution is 2.31. The van der Waals surface area contributed by atoms with Crippen LogP contribution in [0.5, 0.6) is 0 Å². The Bertz CT molecular complexity index is 1840. The molecule has 0 aliphatic carbocycles. The molecule has 0 bridgehead atoms. The summed E-state index contributed by atoms with van der Waals surface area (Å²) in [6.45, 7) is -4.28. The summed E-state index contributed by atoms with van der Waals surface area (Å²) in [4.78, 5) is 0. The third-order valence-corrected chi connectivity index (χ3v) is 15.0. The number of hydrogen-bond donors (Lipinski definition) is 23. The SMILES string of the molecule is N[C@@H]1[C@@H](O)[C@H](O)[C@@H](CO[C@@H]2O[C@H](CO[C@@H]3O[C@H](CO[C@@H]4O[C@H](CO[C@@H]5O[C@H](CO[C@@H]6O[C@H](CO[C@@H]7O[C@H](CO)[C@@H](O)[C@H](O)[C@H]7N)[C@@H](O)[C@H](O)[C@H]6N)[C@@H](O)[C@H](O)[C@H]5N)[C@@H](O)[C@H](O)[C@H]4N)[C@@H](O)[C@H](O)[C@H]3N)[C@@H](O)[C@H](O)[C@H]2N)O[C@H]1O. The van der Waals surface area contributed by atoms with Crippen molar-refractivity contribution in [2.45, 2.75) is 215 Å². The lowest BCUT2D eigenvalue weighted by atomic mass is 9.96. The fraction of sp³-hybridized carbons (Fsp3) is 1.00.